The SMILES string of the molecule is CC(CCCC(=O)O)NC(=O)NCCc1ccnn1C. The van der Waals surface area contributed by atoms with Crippen molar-refractivity contribution in [3.63, 3.8) is 0 Å². The van der Waals surface area contributed by atoms with E-state index in [1.165, 1.54) is 0 Å². The normalized spacial score (nSPS) is 11.9. The smallest absolute Gasteiger partial charge is 0.315 e. The van der Waals surface area contributed by atoms with Crippen molar-refractivity contribution in [3.8, 4) is 0 Å². The maximum atomic E-state index is 11.6. The molecule has 0 saturated carbocycles. The van der Waals surface area contributed by atoms with E-state index in [0.29, 0.717) is 19.4 Å². The number of nitrogens with one attached hydrogen (secondary N) is 2. The van der Waals surface area contributed by atoms with Crippen molar-refractivity contribution in [3.05, 3.63) is 18.0 Å². The Morgan fingerprint density at radius 1 is 1.50 bits per heavy atom. The maximum absolute atomic E-state index is 11.6. The molecule has 7 nitrogen and oxygen atoms in total. The van der Waals surface area contributed by atoms with Gasteiger partial charge in [-0.3, -0.25) is 9.48 Å². The monoisotopic (exact) mass is 282 g/mol. The summed E-state index contributed by atoms with van der Waals surface area (Å²) in [5.41, 5.74) is 1.06. The highest BCUT2D eigenvalue weighted by Crippen LogP contribution is 2.00. The van der Waals surface area contributed by atoms with Crippen molar-refractivity contribution < 1.29 is 14.7 Å². The topological polar surface area (TPSA) is 96.2 Å². The quantitative estimate of drug-likeness (QED) is 0.660. The average molecular weight is 282 g/mol. The first-order chi connectivity index (χ1) is 9.49. The minimum atomic E-state index is -0.808. The highest BCUT2D eigenvalue weighted by Gasteiger charge is 2.08. The predicted molar refractivity (Wildman–Crippen MR) is 74.4 cm³/mol. The molecule has 1 heterocycles. The number of carbonyl (C=O) groups is 2. The molecule has 0 aromatic carbocycles. The van der Waals surface area contributed by atoms with E-state index in [1.807, 2.05) is 20.0 Å². The fourth-order valence-corrected chi connectivity index (χ4v) is 1.86. The van der Waals surface area contributed by atoms with Crippen LogP contribution in [0.4, 0.5) is 4.79 Å². The molecule has 7 heteroatoms. The van der Waals surface area contributed by atoms with Gasteiger partial charge in [0.2, 0.25) is 0 Å². The lowest BCUT2D eigenvalue weighted by molar-refractivity contribution is -0.137. The number of aromatic nitrogens is 2. The lowest BCUT2D eigenvalue weighted by Gasteiger charge is -2.14. The third-order valence-corrected chi connectivity index (χ3v) is 2.99. The van der Waals surface area contributed by atoms with Crippen LogP contribution in [0.5, 0.6) is 0 Å². The van der Waals surface area contributed by atoms with E-state index in [2.05, 4.69) is 15.7 Å². The van der Waals surface area contributed by atoms with Crippen molar-refractivity contribution in [2.75, 3.05) is 6.54 Å². The van der Waals surface area contributed by atoms with Gasteiger partial charge in [0.05, 0.1) is 0 Å². The van der Waals surface area contributed by atoms with Gasteiger partial charge < -0.3 is 15.7 Å². The van der Waals surface area contributed by atoms with Gasteiger partial charge in [0.15, 0.2) is 0 Å². The van der Waals surface area contributed by atoms with Gasteiger partial charge in [0.25, 0.3) is 0 Å². The van der Waals surface area contributed by atoms with E-state index < -0.39 is 5.97 Å². The second-order valence-electron chi connectivity index (χ2n) is 4.78. The third kappa shape index (κ3) is 6.21. The van der Waals surface area contributed by atoms with Gasteiger partial charge in [0, 0.05) is 44.4 Å². The highest BCUT2D eigenvalue weighted by molar-refractivity contribution is 5.74. The van der Waals surface area contributed by atoms with E-state index in [4.69, 9.17) is 5.11 Å². The summed E-state index contributed by atoms with van der Waals surface area (Å²) in [6, 6.07) is 1.65. The zero-order valence-corrected chi connectivity index (χ0v) is 11.9. The van der Waals surface area contributed by atoms with Crippen LogP contribution in [-0.4, -0.2) is 39.5 Å². The number of urea groups is 1. The molecule has 0 bridgehead atoms. The second-order valence-corrected chi connectivity index (χ2v) is 4.78. The number of hydrogen-bond acceptors (Lipinski definition) is 3. The summed E-state index contributed by atoms with van der Waals surface area (Å²) in [5, 5.41) is 18.1. The molecule has 0 aliphatic rings. The van der Waals surface area contributed by atoms with Gasteiger partial charge in [-0.2, -0.15) is 5.10 Å². The standard InChI is InChI=1S/C13H22N4O3/c1-10(4-3-5-12(18)19)16-13(20)14-8-6-11-7-9-15-17(11)2/h7,9-10H,3-6,8H2,1-2H3,(H,18,19)(H2,14,16,20). The van der Waals surface area contributed by atoms with E-state index in [1.54, 1.807) is 10.9 Å². The molecular weight excluding hydrogens is 260 g/mol. The van der Waals surface area contributed by atoms with Crippen LogP contribution in [0.1, 0.15) is 31.9 Å². The molecule has 3 N–H and O–H groups in total. The summed E-state index contributed by atoms with van der Waals surface area (Å²) in [7, 11) is 1.86. The Labute approximate surface area is 118 Å². The minimum absolute atomic E-state index is 0.0361. The number of aliphatic carboxylic acids is 1. The van der Waals surface area contributed by atoms with Crippen LogP contribution in [-0.2, 0) is 18.3 Å². The summed E-state index contributed by atoms with van der Waals surface area (Å²) >= 11 is 0. The Bertz CT molecular complexity index is 445. The molecular formula is C13H22N4O3. The van der Waals surface area contributed by atoms with Crippen LogP contribution in [0.3, 0.4) is 0 Å². The van der Waals surface area contributed by atoms with Gasteiger partial charge in [0.1, 0.15) is 0 Å². The predicted octanol–water partition coefficient (Wildman–Crippen LogP) is 0.905. The molecule has 0 aliphatic heterocycles. The number of hydrogen-bond donors (Lipinski definition) is 3. The number of nitrogens with zero attached hydrogens (tertiary/aromatic N) is 2. The number of rotatable bonds is 8. The van der Waals surface area contributed by atoms with Crippen LogP contribution < -0.4 is 10.6 Å². The summed E-state index contributed by atoms with van der Waals surface area (Å²) in [4.78, 5) is 22.0. The van der Waals surface area contributed by atoms with Crippen molar-refractivity contribution in [1.82, 2.24) is 20.4 Å². The first-order valence-corrected chi connectivity index (χ1v) is 6.72. The van der Waals surface area contributed by atoms with E-state index in [9.17, 15) is 9.59 Å². The summed E-state index contributed by atoms with van der Waals surface area (Å²) in [6.45, 7) is 2.40. The minimum Gasteiger partial charge on any atom is -0.481 e. The average Bonchev–Trinajstić information content (AvgIpc) is 2.74. The van der Waals surface area contributed by atoms with Gasteiger partial charge in [-0.1, -0.05) is 0 Å². The van der Waals surface area contributed by atoms with Crippen LogP contribution in [0.25, 0.3) is 0 Å². The molecule has 2 amide bonds. The summed E-state index contributed by atoms with van der Waals surface area (Å²) < 4.78 is 1.77. The lowest BCUT2D eigenvalue weighted by atomic mass is 10.1. The summed E-state index contributed by atoms with van der Waals surface area (Å²) in [6.07, 6.45) is 3.79. The maximum Gasteiger partial charge on any atom is 0.315 e. The molecule has 1 atom stereocenters. The zero-order chi connectivity index (χ0) is 15.0. The molecule has 20 heavy (non-hydrogen) atoms. The fourth-order valence-electron chi connectivity index (χ4n) is 1.86. The zero-order valence-electron chi connectivity index (χ0n) is 11.9. The van der Waals surface area contributed by atoms with Crippen molar-refractivity contribution in [1.29, 1.82) is 0 Å². The first kappa shape index (κ1) is 16.0. The Morgan fingerprint density at radius 3 is 2.85 bits per heavy atom. The number of carboxylic acid groups (broad SMARTS) is 1. The van der Waals surface area contributed by atoms with Crippen LogP contribution in [0, 0.1) is 0 Å². The van der Waals surface area contributed by atoms with Gasteiger partial charge >= 0.3 is 12.0 Å². The first-order valence-electron chi connectivity index (χ1n) is 6.72. The molecule has 0 fully saturated rings. The van der Waals surface area contributed by atoms with Crippen LogP contribution in [0.2, 0.25) is 0 Å². The van der Waals surface area contributed by atoms with Crippen LogP contribution >= 0.6 is 0 Å². The molecule has 1 aromatic heterocycles. The molecule has 0 saturated heterocycles. The Hall–Kier alpha value is -2.05. The fraction of sp³-hybridized carbons (Fsp3) is 0.615. The van der Waals surface area contributed by atoms with Gasteiger partial charge in [-0.15, -0.1) is 0 Å². The number of carbonyl (C=O) groups excluding carboxylic acids is 1. The Kier molecular flexibility index (Phi) is 6.55. The second kappa shape index (κ2) is 8.19. The molecule has 112 valence electrons. The molecule has 1 unspecified atom stereocenters. The molecule has 0 spiro atoms. The molecule has 1 rings (SSSR count). The van der Waals surface area contributed by atoms with Gasteiger partial charge in [-0.05, 0) is 25.8 Å². The Morgan fingerprint density at radius 2 is 2.25 bits per heavy atom. The van der Waals surface area contributed by atoms with Crippen molar-refractivity contribution >= 4 is 12.0 Å². The Balaban J connectivity index is 2.13. The molecule has 1 aromatic rings. The number of carboxylic acids is 1. The number of aryl methyl sites for hydroxylation is 1. The highest BCUT2D eigenvalue weighted by atomic mass is 16.4. The third-order valence-electron chi connectivity index (χ3n) is 2.99. The van der Waals surface area contributed by atoms with E-state index in [-0.39, 0.29) is 18.5 Å². The van der Waals surface area contributed by atoms with E-state index in [0.717, 1.165) is 12.1 Å². The molecule has 0 radical (unpaired) electrons. The summed E-state index contributed by atoms with van der Waals surface area (Å²) in [5.74, 6) is -0.808. The lowest BCUT2D eigenvalue weighted by Crippen LogP contribution is -2.41. The molecule has 0 aliphatic carbocycles. The van der Waals surface area contributed by atoms with Crippen molar-refractivity contribution in [2.45, 2.75) is 38.6 Å². The largest absolute Gasteiger partial charge is 0.481 e. The van der Waals surface area contributed by atoms with E-state index >= 15 is 0 Å². The van der Waals surface area contributed by atoms with Crippen molar-refractivity contribution in [2.24, 2.45) is 7.05 Å². The van der Waals surface area contributed by atoms with Gasteiger partial charge in [-0.25, -0.2) is 4.79 Å². The number of amides is 2. The van der Waals surface area contributed by atoms with Crippen LogP contribution in [0.15, 0.2) is 12.3 Å².